The van der Waals surface area contributed by atoms with Crippen LogP contribution in [0.4, 0.5) is 9.59 Å². The van der Waals surface area contributed by atoms with Crippen LogP contribution in [0.1, 0.15) is 11.7 Å². The Kier molecular flexibility index (Phi) is 3.72. The molecule has 1 atom stereocenters. The van der Waals surface area contributed by atoms with E-state index in [1.165, 1.54) is 0 Å². The molecule has 0 aliphatic carbocycles. The Morgan fingerprint density at radius 3 is 3.00 bits per heavy atom. The summed E-state index contributed by atoms with van der Waals surface area (Å²) in [6.45, 7) is 0.858. The van der Waals surface area contributed by atoms with E-state index in [4.69, 9.17) is 0 Å². The van der Waals surface area contributed by atoms with Gasteiger partial charge in [0.15, 0.2) is 0 Å². The first-order chi connectivity index (χ1) is 10.6. The highest BCUT2D eigenvalue weighted by molar-refractivity contribution is 5.94. The van der Waals surface area contributed by atoms with Crippen LogP contribution in [0, 0.1) is 0 Å². The fraction of sp³-hybridized carbons (Fsp3) is 0.333. The second kappa shape index (κ2) is 5.69. The van der Waals surface area contributed by atoms with E-state index in [0.29, 0.717) is 13.1 Å². The highest BCUT2D eigenvalue weighted by Crippen LogP contribution is 2.20. The van der Waals surface area contributed by atoms with Crippen LogP contribution >= 0.6 is 0 Å². The van der Waals surface area contributed by atoms with Crippen molar-refractivity contribution in [1.29, 1.82) is 0 Å². The number of aromatic nitrogens is 1. The van der Waals surface area contributed by atoms with E-state index < -0.39 is 18.2 Å². The average molecular weight is 302 g/mol. The molecule has 0 saturated carbocycles. The Morgan fingerprint density at radius 1 is 1.45 bits per heavy atom. The fourth-order valence-electron chi connectivity index (χ4n) is 2.57. The fourth-order valence-corrected chi connectivity index (χ4v) is 2.57. The van der Waals surface area contributed by atoms with Gasteiger partial charge in [-0.05, 0) is 29.1 Å². The standard InChI is InChI=1S/C15H18N4O3/c1-18-6-4-10-8-11(2-3-12(10)18)13(20)9-17-15(22)19-7-5-16-14(19)21/h2-4,6,8,13,20H,5,7,9H2,1H3,(H,16,21)(H,17,22). The number of nitrogens with one attached hydrogen (secondary N) is 2. The lowest BCUT2D eigenvalue weighted by molar-refractivity contribution is 0.165. The van der Waals surface area contributed by atoms with Gasteiger partial charge in [-0.25, -0.2) is 14.5 Å². The number of aliphatic hydroxyl groups is 1. The predicted octanol–water partition coefficient (Wildman–Crippen LogP) is 0.946. The zero-order valence-electron chi connectivity index (χ0n) is 12.2. The molecule has 0 spiro atoms. The molecular weight excluding hydrogens is 284 g/mol. The average Bonchev–Trinajstić information content (AvgIpc) is 3.10. The van der Waals surface area contributed by atoms with Gasteiger partial charge >= 0.3 is 12.1 Å². The largest absolute Gasteiger partial charge is 0.387 e. The third-order valence-corrected chi connectivity index (χ3v) is 3.84. The highest BCUT2D eigenvalue weighted by atomic mass is 16.3. The van der Waals surface area contributed by atoms with Crippen LogP contribution in [0.2, 0.25) is 0 Å². The minimum Gasteiger partial charge on any atom is -0.387 e. The zero-order valence-corrected chi connectivity index (χ0v) is 12.2. The summed E-state index contributed by atoms with van der Waals surface area (Å²) >= 11 is 0. The maximum absolute atomic E-state index is 11.8. The summed E-state index contributed by atoms with van der Waals surface area (Å²) in [4.78, 5) is 24.3. The van der Waals surface area contributed by atoms with E-state index in [2.05, 4.69) is 10.6 Å². The van der Waals surface area contributed by atoms with Crippen LogP contribution in [0.5, 0.6) is 0 Å². The van der Waals surface area contributed by atoms with Crippen molar-refractivity contribution in [3.05, 3.63) is 36.0 Å². The number of hydrogen-bond acceptors (Lipinski definition) is 3. The Labute approximate surface area is 127 Å². The second-order valence-electron chi connectivity index (χ2n) is 5.33. The van der Waals surface area contributed by atoms with Gasteiger partial charge in [0.25, 0.3) is 0 Å². The smallest absolute Gasteiger partial charge is 0.325 e. The molecule has 116 valence electrons. The van der Waals surface area contributed by atoms with E-state index in [-0.39, 0.29) is 6.54 Å². The summed E-state index contributed by atoms with van der Waals surface area (Å²) in [5.41, 5.74) is 1.80. The topological polar surface area (TPSA) is 86.6 Å². The molecule has 1 aliphatic heterocycles. The maximum Gasteiger partial charge on any atom is 0.325 e. The molecule has 2 heterocycles. The minimum absolute atomic E-state index is 0.0565. The van der Waals surface area contributed by atoms with Crippen molar-refractivity contribution in [2.24, 2.45) is 7.05 Å². The van der Waals surface area contributed by atoms with Gasteiger partial charge in [0.1, 0.15) is 0 Å². The van der Waals surface area contributed by atoms with E-state index >= 15 is 0 Å². The van der Waals surface area contributed by atoms with Crippen LogP contribution in [-0.4, -0.2) is 46.3 Å². The first kappa shape index (κ1) is 14.4. The van der Waals surface area contributed by atoms with Gasteiger partial charge in [-0.1, -0.05) is 6.07 Å². The second-order valence-corrected chi connectivity index (χ2v) is 5.33. The molecule has 0 radical (unpaired) electrons. The maximum atomic E-state index is 11.8. The number of aryl methyl sites for hydroxylation is 1. The van der Waals surface area contributed by atoms with Gasteiger partial charge in [-0.3, -0.25) is 0 Å². The van der Waals surface area contributed by atoms with Crippen molar-refractivity contribution in [1.82, 2.24) is 20.1 Å². The first-order valence-corrected chi connectivity index (χ1v) is 7.12. The van der Waals surface area contributed by atoms with Crippen LogP contribution in [-0.2, 0) is 7.05 Å². The van der Waals surface area contributed by atoms with Crippen molar-refractivity contribution in [3.63, 3.8) is 0 Å². The number of aliphatic hydroxyl groups excluding tert-OH is 1. The summed E-state index contributed by atoms with van der Waals surface area (Å²) in [5.74, 6) is 0. The summed E-state index contributed by atoms with van der Waals surface area (Å²) < 4.78 is 2.00. The van der Waals surface area contributed by atoms with Crippen molar-refractivity contribution in [2.75, 3.05) is 19.6 Å². The number of rotatable bonds is 3. The molecule has 1 saturated heterocycles. The minimum atomic E-state index is -0.820. The van der Waals surface area contributed by atoms with Gasteiger partial charge in [0.2, 0.25) is 0 Å². The van der Waals surface area contributed by atoms with E-state index in [0.717, 1.165) is 21.4 Å². The number of carbonyl (C=O) groups excluding carboxylic acids is 2. The van der Waals surface area contributed by atoms with Gasteiger partial charge < -0.3 is 20.3 Å². The molecule has 4 amide bonds. The quantitative estimate of drug-likeness (QED) is 0.789. The van der Waals surface area contributed by atoms with Crippen molar-refractivity contribution >= 4 is 23.0 Å². The number of fused-ring (bicyclic) bond motifs is 1. The number of benzene rings is 1. The Hall–Kier alpha value is -2.54. The molecule has 1 aromatic heterocycles. The van der Waals surface area contributed by atoms with Crippen molar-refractivity contribution in [3.8, 4) is 0 Å². The number of nitrogens with zero attached hydrogens (tertiary/aromatic N) is 2. The van der Waals surface area contributed by atoms with E-state index in [1.54, 1.807) is 0 Å². The Bertz CT molecular complexity index is 725. The summed E-state index contributed by atoms with van der Waals surface area (Å²) in [5, 5.41) is 16.4. The third kappa shape index (κ3) is 2.62. The summed E-state index contributed by atoms with van der Waals surface area (Å²) in [6.07, 6.45) is 1.13. The lowest BCUT2D eigenvalue weighted by Gasteiger charge is -2.16. The van der Waals surface area contributed by atoms with Crippen molar-refractivity contribution < 1.29 is 14.7 Å². The SMILES string of the molecule is Cn1ccc2cc(C(O)CNC(=O)N3CCNC3=O)ccc21. The third-order valence-electron chi connectivity index (χ3n) is 3.84. The number of hydrogen-bond donors (Lipinski definition) is 3. The zero-order chi connectivity index (χ0) is 15.7. The van der Waals surface area contributed by atoms with Crippen LogP contribution in [0.25, 0.3) is 10.9 Å². The number of imide groups is 1. The molecule has 3 rings (SSSR count). The molecule has 7 nitrogen and oxygen atoms in total. The molecule has 1 aromatic carbocycles. The normalized spacial score (nSPS) is 15.9. The van der Waals surface area contributed by atoms with Crippen molar-refractivity contribution in [2.45, 2.75) is 6.10 Å². The molecule has 3 N–H and O–H groups in total. The first-order valence-electron chi connectivity index (χ1n) is 7.12. The van der Waals surface area contributed by atoms with Crippen LogP contribution in [0.15, 0.2) is 30.5 Å². The van der Waals surface area contributed by atoms with Gasteiger partial charge in [0, 0.05) is 38.4 Å². The molecule has 1 unspecified atom stereocenters. The summed E-state index contributed by atoms with van der Waals surface area (Å²) in [7, 11) is 1.96. The Morgan fingerprint density at radius 2 is 2.27 bits per heavy atom. The lowest BCUT2D eigenvalue weighted by Crippen LogP contribution is -2.43. The molecule has 1 aliphatic rings. The number of urea groups is 2. The molecule has 1 fully saturated rings. The number of carbonyl (C=O) groups is 2. The molecule has 7 heteroatoms. The van der Waals surface area contributed by atoms with Gasteiger partial charge in [-0.2, -0.15) is 0 Å². The number of amides is 4. The molecule has 22 heavy (non-hydrogen) atoms. The molecular formula is C15H18N4O3. The predicted molar refractivity (Wildman–Crippen MR) is 81.4 cm³/mol. The Balaban J connectivity index is 1.64. The molecule has 0 bridgehead atoms. The van der Waals surface area contributed by atoms with E-state index in [1.807, 2.05) is 42.1 Å². The van der Waals surface area contributed by atoms with Gasteiger partial charge in [0.05, 0.1) is 6.10 Å². The molecule has 2 aromatic rings. The van der Waals surface area contributed by atoms with Gasteiger partial charge in [-0.15, -0.1) is 0 Å². The summed E-state index contributed by atoms with van der Waals surface area (Å²) in [6, 6.07) is 6.74. The highest BCUT2D eigenvalue weighted by Gasteiger charge is 2.26. The monoisotopic (exact) mass is 302 g/mol. The van der Waals surface area contributed by atoms with Crippen LogP contribution in [0.3, 0.4) is 0 Å². The lowest BCUT2D eigenvalue weighted by atomic mass is 10.1. The van der Waals surface area contributed by atoms with Crippen LogP contribution < -0.4 is 10.6 Å². The van der Waals surface area contributed by atoms with E-state index in [9.17, 15) is 14.7 Å².